The zero-order valence-electron chi connectivity index (χ0n) is 6.24. The van der Waals surface area contributed by atoms with Crippen LogP contribution in [0.3, 0.4) is 0 Å². The van der Waals surface area contributed by atoms with E-state index in [9.17, 15) is 4.57 Å². The Morgan fingerprint density at radius 2 is 1.64 bits per heavy atom. The first kappa shape index (κ1) is 14.6. The van der Waals surface area contributed by atoms with E-state index in [0.717, 1.165) is 0 Å². The molecule has 0 aliphatic rings. The van der Waals surface area contributed by atoms with Crippen LogP contribution in [0.2, 0.25) is 0 Å². The van der Waals surface area contributed by atoms with Gasteiger partial charge < -0.3 is 14.2 Å². The Morgan fingerprint density at radius 3 is 1.82 bits per heavy atom. The maximum atomic E-state index is 11.1. The third kappa shape index (κ3) is 6.29. The van der Waals surface area contributed by atoms with Gasteiger partial charge in [-0.2, -0.15) is 0 Å². The summed E-state index contributed by atoms with van der Waals surface area (Å²) >= 11 is 0. The van der Waals surface area contributed by atoms with Crippen molar-refractivity contribution in [1.82, 2.24) is 0 Å². The summed E-state index contributed by atoms with van der Waals surface area (Å²) in [6.45, 7) is 3.97. The number of aliphatic hydroxyl groups is 1. The first-order valence-corrected chi connectivity index (χ1v) is 4.90. The molecule has 0 saturated heterocycles. The molecule has 0 radical (unpaired) electrons. The molecule has 11 heavy (non-hydrogen) atoms. The third-order valence-electron chi connectivity index (χ3n) is 0.825. The predicted molar refractivity (Wildman–Crippen MR) is 45.1 cm³/mol. The minimum atomic E-state index is -3.14. The van der Waals surface area contributed by atoms with Crippen molar-refractivity contribution >= 4 is 37.2 Å². The van der Waals surface area contributed by atoms with Crippen LogP contribution in [-0.4, -0.2) is 54.2 Å². The SMILES string of the molecule is CCOP(=O)(CO)OCC.[NaH]. The summed E-state index contributed by atoms with van der Waals surface area (Å²) < 4.78 is 20.5. The molecule has 0 atom stereocenters. The van der Waals surface area contributed by atoms with Gasteiger partial charge in [-0.3, -0.25) is 4.57 Å². The molecular formula is C5H14NaO4P. The molecule has 0 rings (SSSR count). The molecule has 4 nitrogen and oxygen atoms in total. The van der Waals surface area contributed by atoms with Crippen LogP contribution >= 0.6 is 7.60 Å². The van der Waals surface area contributed by atoms with Gasteiger partial charge in [0, 0.05) is 0 Å². The molecule has 6 heteroatoms. The fourth-order valence-corrected chi connectivity index (χ4v) is 1.54. The molecular weight excluding hydrogens is 178 g/mol. The topological polar surface area (TPSA) is 55.8 Å². The molecule has 0 amide bonds. The van der Waals surface area contributed by atoms with Gasteiger partial charge in [0.15, 0.2) is 0 Å². The van der Waals surface area contributed by atoms with Crippen molar-refractivity contribution in [2.45, 2.75) is 13.8 Å². The summed E-state index contributed by atoms with van der Waals surface area (Å²) in [5, 5.41) is 8.53. The molecule has 0 heterocycles. The quantitative estimate of drug-likeness (QED) is 0.510. The molecule has 0 saturated carbocycles. The van der Waals surface area contributed by atoms with E-state index in [0.29, 0.717) is 0 Å². The van der Waals surface area contributed by atoms with E-state index in [1.54, 1.807) is 13.8 Å². The van der Waals surface area contributed by atoms with Gasteiger partial charge in [-0.1, -0.05) is 0 Å². The van der Waals surface area contributed by atoms with Gasteiger partial charge in [0.2, 0.25) is 0 Å². The molecule has 0 aromatic rings. The van der Waals surface area contributed by atoms with Gasteiger partial charge in [0.25, 0.3) is 0 Å². The molecule has 1 N–H and O–H groups in total. The van der Waals surface area contributed by atoms with Crippen LogP contribution < -0.4 is 0 Å². The average molecular weight is 192 g/mol. The molecule has 0 aromatic heterocycles. The zero-order valence-corrected chi connectivity index (χ0v) is 7.13. The van der Waals surface area contributed by atoms with E-state index in [1.807, 2.05) is 0 Å². The van der Waals surface area contributed by atoms with Gasteiger partial charge in [0.1, 0.15) is 6.35 Å². The predicted octanol–water partition coefficient (Wildman–Crippen LogP) is 0.554. The van der Waals surface area contributed by atoms with Crippen molar-refractivity contribution in [3.05, 3.63) is 0 Å². The van der Waals surface area contributed by atoms with Gasteiger partial charge in [-0.15, -0.1) is 0 Å². The van der Waals surface area contributed by atoms with E-state index >= 15 is 0 Å². The second-order valence-electron chi connectivity index (χ2n) is 1.59. The average Bonchev–Trinajstić information content (AvgIpc) is 1.89. The van der Waals surface area contributed by atoms with Crippen LogP contribution in [0, 0.1) is 0 Å². The normalized spacial score (nSPS) is 10.8. The van der Waals surface area contributed by atoms with Crippen molar-refractivity contribution in [2.75, 3.05) is 19.6 Å². The van der Waals surface area contributed by atoms with Gasteiger partial charge in [-0.25, -0.2) is 0 Å². The monoisotopic (exact) mass is 192 g/mol. The van der Waals surface area contributed by atoms with Gasteiger partial charge in [0.05, 0.1) is 13.2 Å². The molecule has 0 aliphatic carbocycles. The van der Waals surface area contributed by atoms with Crippen LogP contribution in [0.1, 0.15) is 13.8 Å². The zero-order chi connectivity index (χ0) is 8.04. The summed E-state index contributed by atoms with van der Waals surface area (Å²) in [5.74, 6) is 0. The van der Waals surface area contributed by atoms with Crippen LogP contribution in [-0.2, 0) is 13.6 Å². The second kappa shape index (κ2) is 7.74. The van der Waals surface area contributed by atoms with Crippen LogP contribution in [0.5, 0.6) is 0 Å². The summed E-state index contributed by atoms with van der Waals surface area (Å²) in [7, 11) is -3.14. The number of rotatable bonds is 5. The summed E-state index contributed by atoms with van der Waals surface area (Å²) in [5.41, 5.74) is 0. The van der Waals surface area contributed by atoms with Crippen LogP contribution in [0.25, 0.3) is 0 Å². The molecule has 64 valence electrons. The Morgan fingerprint density at radius 1 is 1.27 bits per heavy atom. The van der Waals surface area contributed by atoms with E-state index in [2.05, 4.69) is 0 Å². The second-order valence-corrected chi connectivity index (χ2v) is 3.61. The Bertz CT molecular complexity index is 120. The standard InChI is InChI=1S/C5H13O4P.Na.H/c1-3-8-10(7,5-6)9-4-2;;/h6H,3-5H2,1-2H3;;. The van der Waals surface area contributed by atoms with Crippen LogP contribution in [0.4, 0.5) is 0 Å². The van der Waals surface area contributed by atoms with E-state index in [1.165, 1.54) is 0 Å². The number of hydrogen-bond acceptors (Lipinski definition) is 4. The Kier molecular flexibility index (Phi) is 10.3. The number of hydrogen-bond donors (Lipinski definition) is 1. The van der Waals surface area contributed by atoms with E-state index in [-0.39, 0.29) is 42.8 Å². The van der Waals surface area contributed by atoms with Crippen molar-refractivity contribution in [1.29, 1.82) is 0 Å². The molecule has 0 spiro atoms. The van der Waals surface area contributed by atoms with Gasteiger partial charge >= 0.3 is 37.2 Å². The Labute approximate surface area is 89.1 Å². The van der Waals surface area contributed by atoms with Crippen LogP contribution in [0.15, 0.2) is 0 Å². The van der Waals surface area contributed by atoms with Crippen molar-refractivity contribution in [3.63, 3.8) is 0 Å². The van der Waals surface area contributed by atoms with Crippen molar-refractivity contribution < 1.29 is 18.7 Å². The van der Waals surface area contributed by atoms with Crippen molar-refractivity contribution in [2.24, 2.45) is 0 Å². The number of aliphatic hydroxyl groups excluding tert-OH is 1. The first-order chi connectivity index (χ1) is 4.68. The summed E-state index contributed by atoms with van der Waals surface area (Å²) in [6, 6.07) is 0. The van der Waals surface area contributed by atoms with Gasteiger partial charge in [-0.05, 0) is 13.8 Å². The van der Waals surface area contributed by atoms with E-state index in [4.69, 9.17) is 14.2 Å². The van der Waals surface area contributed by atoms with E-state index < -0.39 is 13.9 Å². The third-order valence-corrected chi connectivity index (χ3v) is 2.47. The fourth-order valence-electron chi connectivity index (χ4n) is 0.512. The molecule has 0 fully saturated rings. The molecule has 0 aromatic carbocycles. The Hall–Kier alpha value is 1.11. The Balaban J connectivity index is 0. The summed E-state index contributed by atoms with van der Waals surface area (Å²) in [6.07, 6.45) is -0.547. The first-order valence-electron chi connectivity index (χ1n) is 3.17. The molecule has 0 bridgehead atoms. The minimum absolute atomic E-state index is 0. The van der Waals surface area contributed by atoms with Crippen molar-refractivity contribution in [3.8, 4) is 0 Å². The fraction of sp³-hybridized carbons (Fsp3) is 1.00. The summed E-state index contributed by atoms with van der Waals surface area (Å²) in [4.78, 5) is 0. The maximum absolute atomic E-state index is 11.1. The molecule has 0 unspecified atom stereocenters. The molecule has 0 aliphatic heterocycles.